The maximum atomic E-state index is 14.4. The highest BCUT2D eigenvalue weighted by atomic mass is 32.2. The second-order valence-electron chi connectivity index (χ2n) is 24.7. The van der Waals surface area contributed by atoms with Gasteiger partial charge in [-0.3, -0.25) is 67.1 Å². The van der Waals surface area contributed by atoms with E-state index in [9.17, 15) is 82.1 Å². The van der Waals surface area contributed by atoms with Gasteiger partial charge in [0.15, 0.2) is 0 Å². The molecule has 0 spiro atoms. The number of thioether (sulfide) groups is 1. The van der Waals surface area contributed by atoms with Crippen molar-refractivity contribution in [1.82, 2.24) is 63.1 Å². The zero-order valence-corrected chi connectivity index (χ0v) is 55.9. The fraction of sp³-hybridized carbons (Fsp3) is 0.695. The van der Waals surface area contributed by atoms with E-state index in [1.807, 2.05) is 13.8 Å². The molecule has 1 aromatic rings. The fourth-order valence-corrected chi connectivity index (χ4v) is 9.91. The Morgan fingerprint density at radius 1 is 0.447 bits per heavy atom. The van der Waals surface area contributed by atoms with E-state index in [2.05, 4.69) is 63.1 Å². The summed E-state index contributed by atoms with van der Waals surface area (Å²) in [5.74, 6) is -16.2. The third kappa shape index (κ3) is 33.9. The fourth-order valence-electron chi connectivity index (χ4n) is 9.44. The summed E-state index contributed by atoms with van der Waals surface area (Å²) in [6.07, 6.45) is 1.13. The lowest BCUT2D eigenvalue weighted by molar-refractivity contribution is -0.143. The van der Waals surface area contributed by atoms with Gasteiger partial charge in [0.1, 0.15) is 60.4 Å². The van der Waals surface area contributed by atoms with Crippen molar-refractivity contribution in [2.24, 2.45) is 52.3 Å². The van der Waals surface area contributed by atoms with E-state index in [4.69, 9.17) is 28.7 Å². The van der Waals surface area contributed by atoms with Gasteiger partial charge in [0.2, 0.25) is 76.8 Å². The van der Waals surface area contributed by atoms with Crippen LogP contribution in [0.3, 0.4) is 0 Å². The molecule has 23 N–H and O–H groups in total. The highest BCUT2D eigenvalue weighted by Crippen LogP contribution is 2.15. The molecular formula is C59H101N17O17S. The number of hydrogen-bond donors (Lipinski definition) is 18. The van der Waals surface area contributed by atoms with Gasteiger partial charge >= 0.3 is 11.9 Å². The molecule has 13 amide bonds. The molecule has 35 heteroatoms. The van der Waals surface area contributed by atoms with Crippen LogP contribution in [0.1, 0.15) is 151 Å². The number of carboxylic acid groups (broad SMARTS) is 2. The van der Waals surface area contributed by atoms with Gasteiger partial charge in [0.05, 0.1) is 25.2 Å². The number of carboxylic acids is 2. The summed E-state index contributed by atoms with van der Waals surface area (Å²) < 4.78 is 0. The number of H-pyrrole nitrogens is 1. The Hall–Kier alpha value is -8.47. The van der Waals surface area contributed by atoms with Crippen molar-refractivity contribution in [2.45, 2.75) is 218 Å². The number of amides is 13. The zero-order valence-electron chi connectivity index (χ0n) is 55.1. The summed E-state index contributed by atoms with van der Waals surface area (Å²) in [5.41, 5.74) is 28.4. The molecule has 0 aliphatic heterocycles. The minimum absolute atomic E-state index is 0.0125. The second-order valence-corrected chi connectivity index (χ2v) is 25.7. The van der Waals surface area contributed by atoms with Gasteiger partial charge in [-0.1, -0.05) is 55.4 Å². The van der Waals surface area contributed by atoms with E-state index >= 15 is 0 Å². The number of aromatic amines is 1. The number of nitrogens with one attached hydrogen (secondary N) is 11. The first-order chi connectivity index (χ1) is 44.0. The number of primary amides is 3. The molecule has 0 aliphatic carbocycles. The third-order valence-corrected chi connectivity index (χ3v) is 14.8. The van der Waals surface area contributed by atoms with E-state index in [0.29, 0.717) is 17.9 Å². The van der Waals surface area contributed by atoms with Crippen LogP contribution < -0.4 is 81.8 Å². The Morgan fingerprint density at radius 2 is 0.798 bits per heavy atom. The lowest BCUT2D eigenvalue weighted by Crippen LogP contribution is -2.61. The zero-order chi connectivity index (χ0) is 71.5. The molecule has 0 aliphatic rings. The SMILES string of the molecule is CSCC[C@H](NC(=O)[C@H](CC(C)C)NC(=O)[C@H](CCC(N)=O)NC(=O)[C@H](CCCCN)NC(=O)[C@H](CC(C)C)NC(=O)[C@H](CC(N)=O)NC(=O)[C@H](CC(=O)O)NC(=O)[C@H](Cc1cnc[nH]1)NC(=O)[C@@H](N)CC(C)C)C(=O)N[C@@H](CC(C)C)C(=O)N[C@@H](CCC(N)=O)C(=O)O. The predicted molar refractivity (Wildman–Crippen MR) is 344 cm³/mol. The first-order valence-corrected chi connectivity index (χ1v) is 32.6. The summed E-state index contributed by atoms with van der Waals surface area (Å²) in [5, 5.41) is 44.4. The van der Waals surface area contributed by atoms with Crippen LogP contribution in [0.25, 0.3) is 0 Å². The van der Waals surface area contributed by atoms with Crippen molar-refractivity contribution in [3.63, 3.8) is 0 Å². The number of carbonyl (C=O) groups excluding carboxylic acids is 13. The molecular weight excluding hydrogens is 1250 g/mol. The maximum absolute atomic E-state index is 14.4. The predicted octanol–water partition coefficient (Wildman–Crippen LogP) is -3.84. The molecule has 1 heterocycles. The van der Waals surface area contributed by atoms with Crippen LogP contribution >= 0.6 is 11.8 Å². The van der Waals surface area contributed by atoms with Crippen LogP contribution in [0.4, 0.5) is 0 Å². The van der Waals surface area contributed by atoms with E-state index in [1.54, 1.807) is 47.8 Å². The Labute approximate surface area is 551 Å². The summed E-state index contributed by atoms with van der Waals surface area (Å²) >= 11 is 1.33. The molecule has 0 saturated carbocycles. The topological polar surface area (TPSA) is 576 Å². The molecule has 0 radical (unpaired) electrons. The monoisotopic (exact) mass is 1350 g/mol. The standard InChI is InChI=1S/C59H101N17O17S/c1-29(2)20-34(61)49(82)71-42(24-33-27-65-28-66-33)56(89)76-44(26-48(80)81)58(91)75-43(25-47(64)79)57(90)74-40(22-31(5)6)53(86)67-35(12-10-11-18-60)50(83)68-36(13-15-45(62)77)51(84)72-39(21-30(3)4)54(87)69-37(17-19-94-9)52(85)73-41(23-32(7)8)55(88)70-38(59(92)93)14-16-46(63)78/h27-32,34-44H,10-26,60-61H2,1-9H3,(H2,62,77)(H2,63,78)(H2,64,79)(H,65,66)(H,67,86)(H,68,83)(H,69,87)(H,70,88)(H,71,82)(H,72,84)(H,73,85)(H,74,90)(H,75,91)(H,76,89)(H,80,81)(H,92,93)/t34-,35-,36-,37-,38-,39-,40-,41-,42-,43-,44-/m0/s1. The third-order valence-electron chi connectivity index (χ3n) is 14.2. The first-order valence-electron chi connectivity index (χ1n) is 31.2. The number of imidazole rings is 1. The van der Waals surface area contributed by atoms with E-state index in [1.165, 1.54) is 24.3 Å². The van der Waals surface area contributed by atoms with Gasteiger partial charge in [-0.05, 0) is 106 Å². The number of unbranched alkanes of at least 4 members (excludes halogenated alkanes) is 1. The number of hydrogen-bond acceptors (Lipinski definition) is 19. The number of nitrogens with zero attached hydrogens (tertiary/aromatic N) is 1. The smallest absolute Gasteiger partial charge is 0.326 e. The van der Waals surface area contributed by atoms with Crippen LogP contribution in [0.2, 0.25) is 0 Å². The number of aromatic nitrogens is 2. The van der Waals surface area contributed by atoms with Crippen molar-refractivity contribution in [2.75, 3.05) is 18.6 Å². The Balaban J connectivity index is 3.63. The van der Waals surface area contributed by atoms with Crippen molar-refractivity contribution in [3.8, 4) is 0 Å². The number of nitrogens with two attached hydrogens (primary N) is 5. The average molecular weight is 1350 g/mol. The highest BCUT2D eigenvalue weighted by Gasteiger charge is 2.38. The van der Waals surface area contributed by atoms with Gasteiger partial charge in [-0.25, -0.2) is 9.78 Å². The van der Waals surface area contributed by atoms with Gasteiger partial charge in [-0.2, -0.15) is 11.8 Å². The van der Waals surface area contributed by atoms with Crippen molar-refractivity contribution in [3.05, 3.63) is 18.2 Å². The molecule has 1 rings (SSSR count). The minimum atomic E-state index is -1.95. The molecule has 0 aromatic carbocycles. The Morgan fingerprint density at radius 3 is 1.17 bits per heavy atom. The molecule has 11 atom stereocenters. The van der Waals surface area contributed by atoms with E-state index in [-0.39, 0.29) is 94.4 Å². The molecule has 94 heavy (non-hydrogen) atoms. The number of aliphatic carboxylic acids is 2. The molecule has 34 nitrogen and oxygen atoms in total. The molecule has 1 aromatic heterocycles. The second kappa shape index (κ2) is 43.4. The summed E-state index contributed by atoms with van der Waals surface area (Å²) in [7, 11) is 0. The minimum Gasteiger partial charge on any atom is -0.481 e. The first kappa shape index (κ1) is 83.5. The molecule has 0 unspecified atom stereocenters. The summed E-state index contributed by atoms with van der Waals surface area (Å²) in [6.45, 7) is 14.1. The van der Waals surface area contributed by atoms with Crippen LogP contribution in [0.15, 0.2) is 12.5 Å². The average Bonchev–Trinajstić information content (AvgIpc) is 0.961. The Kier molecular flexibility index (Phi) is 38.6. The molecule has 0 bridgehead atoms. The van der Waals surface area contributed by atoms with Crippen LogP contribution in [0, 0.1) is 23.7 Å². The maximum Gasteiger partial charge on any atom is 0.326 e. The van der Waals surface area contributed by atoms with E-state index < -0.39 is 181 Å². The van der Waals surface area contributed by atoms with Crippen molar-refractivity contribution >= 4 is 100 Å². The van der Waals surface area contributed by atoms with Crippen LogP contribution in [0.5, 0.6) is 0 Å². The van der Waals surface area contributed by atoms with E-state index in [0.717, 1.165) is 0 Å². The van der Waals surface area contributed by atoms with Gasteiger partial charge in [0, 0.05) is 31.2 Å². The van der Waals surface area contributed by atoms with Crippen molar-refractivity contribution < 1.29 is 82.1 Å². The van der Waals surface area contributed by atoms with Crippen molar-refractivity contribution in [1.29, 1.82) is 0 Å². The molecule has 0 fully saturated rings. The quantitative estimate of drug-likeness (QED) is 0.0278. The van der Waals surface area contributed by atoms with Gasteiger partial charge in [-0.15, -0.1) is 0 Å². The van der Waals surface area contributed by atoms with Gasteiger partial charge < -0.3 is 97.0 Å². The lowest BCUT2D eigenvalue weighted by Gasteiger charge is -2.29. The molecule has 530 valence electrons. The van der Waals surface area contributed by atoms with Crippen LogP contribution in [-0.4, -0.2) is 194 Å². The number of rotatable bonds is 48. The van der Waals surface area contributed by atoms with Gasteiger partial charge in [0.25, 0.3) is 0 Å². The number of carbonyl (C=O) groups is 15. The summed E-state index contributed by atoms with van der Waals surface area (Å²) in [6, 6.07) is -16.6. The van der Waals surface area contributed by atoms with Crippen LogP contribution in [-0.2, 0) is 78.3 Å². The Bertz CT molecular complexity index is 2720. The largest absolute Gasteiger partial charge is 0.481 e. The lowest BCUT2D eigenvalue weighted by atomic mass is 10.00. The summed E-state index contributed by atoms with van der Waals surface area (Å²) in [4.78, 5) is 207. The highest BCUT2D eigenvalue weighted by molar-refractivity contribution is 7.98. The molecule has 0 saturated heterocycles. The normalized spacial score (nSPS) is 14.8.